The Hall–Kier alpha value is 0.580. The number of halogens is 5. The lowest BCUT2D eigenvalue weighted by atomic mass is 10.1. The number of carbonyl (C=O) groups is 1. The molecule has 0 radical (unpaired) electrons. The lowest BCUT2D eigenvalue weighted by Gasteiger charge is -2.13. The first kappa shape index (κ1) is 11.7. The molecule has 1 rings (SSSR count). The van der Waals surface area contributed by atoms with E-state index in [2.05, 4.69) is 31.9 Å². The molecule has 0 amide bonds. The van der Waals surface area contributed by atoms with Crippen LogP contribution in [0.3, 0.4) is 0 Å². The third kappa shape index (κ3) is 1.33. The molecule has 0 saturated heterocycles. The SMILES string of the molecule is O=C([O-])C1C(Br)(Br)C1(CCl)C(F)F. The van der Waals surface area contributed by atoms with Gasteiger partial charge in [-0.25, -0.2) is 8.78 Å². The molecule has 0 N–H and O–H groups in total. The molecule has 0 aromatic heterocycles. The first-order chi connectivity index (χ1) is 5.82. The Kier molecular flexibility index (Phi) is 2.97. The van der Waals surface area contributed by atoms with Crippen molar-refractivity contribution in [3.8, 4) is 0 Å². The number of rotatable bonds is 3. The van der Waals surface area contributed by atoms with Crippen LogP contribution < -0.4 is 5.11 Å². The Bertz CT molecular complexity index is 249. The predicted molar refractivity (Wildman–Crippen MR) is 48.2 cm³/mol. The Morgan fingerprint density at radius 1 is 1.62 bits per heavy atom. The molecule has 0 aromatic carbocycles. The highest BCUT2D eigenvalue weighted by molar-refractivity contribution is 9.25. The summed E-state index contributed by atoms with van der Waals surface area (Å²) in [7, 11) is 0. The average Bonchev–Trinajstić information content (AvgIpc) is 2.48. The molecule has 1 fully saturated rings. The van der Waals surface area contributed by atoms with E-state index in [-0.39, 0.29) is 0 Å². The van der Waals surface area contributed by atoms with Crippen molar-refractivity contribution >= 4 is 49.4 Å². The van der Waals surface area contributed by atoms with Crippen molar-refractivity contribution < 1.29 is 18.7 Å². The molecule has 2 atom stereocenters. The van der Waals surface area contributed by atoms with Crippen LogP contribution in [0, 0.1) is 11.3 Å². The standard InChI is InChI=1S/C6H5Br2ClF2O2/c7-6(8)2(3(12)13)5(6,1-9)4(10)11/h2,4H,1H2,(H,12,13)/p-1. The van der Waals surface area contributed by atoms with Crippen LogP contribution in [0.5, 0.6) is 0 Å². The Labute approximate surface area is 94.9 Å². The van der Waals surface area contributed by atoms with Gasteiger partial charge in [-0.15, -0.1) is 11.6 Å². The second kappa shape index (κ2) is 3.31. The number of hydrogen-bond donors (Lipinski definition) is 0. The van der Waals surface area contributed by atoms with E-state index in [1.165, 1.54) is 0 Å². The normalized spacial score (nSPS) is 36.3. The van der Waals surface area contributed by atoms with Crippen LogP contribution >= 0.6 is 43.5 Å². The summed E-state index contributed by atoms with van der Waals surface area (Å²) in [5.74, 6) is -3.29. The zero-order valence-corrected chi connectivity index (χ0v) is 10.00. The van der Waals surface area contributed by atoms with E-state index < -0.39 is 32.8 Å². The molecule has 0 aromatic rings. The van der Waals surface area contributed by atoms with Gasteiger partial charge in [-0.1, -0.05) is 31.9 Å². The van der Waals surface area contributed by atoms with E-state index in [9.17, 15) is 18.7 Å². The van der Waals surface area contributed by atoms with Crippen molar-refractivity contribution in [1.82, 2.24) is 0 Å². The summed E-state index contributed by atoms with van der Waals surface area (Å²) in [6.07, 6.45) is -2.81. The summed E-state index contributed by atoms with van der Waals surface area (Å²) in [5, 5.41) is 10.5. The van der Waals surface area contributed by atoms with Crippen LogP contribution in [-0.2, 0) is 4.79 Å². The molecule has 1 aliphatic rings. The first-order valence-corrected chi connectivity index (χ1v) is 5.37. The highest BCUT2D eigenvalue weighted by Gasteiger charge is 2.79. The number of carboxylic acids is 1. The molecule has 0 heterocycles. The maximum atomic E-state index is 12.5. The van der Waals surface area contributed by atoms with Gasteiger partial charge in [0.25, 0.3) is 0 Å². The van der Waals surface area contributed by atoms with Crippen molar-refractivity contribution in [2.45, 2.75) is 9.66 Å². The molecular weight excluding hydrogens is 337 g/mol. The van der Waals surface area contributed by atoms with Gasteiger partial charge >= 0.3 is 0 Å². The molecule has 0 aliphatic heterocycles. The lowest BCUT2D eigenvalue weighted by Crippen LogP contribution is -2.30. The van der Waals surface area contributed by atoms with E-state index in [1.807, 2.05) is 0 Å². The molecule has 2 unspecified atom stereocenters. The highest BCUT2D eigenvalue weighted by Crippen LogP contribution is 2.73. The fourth-order valence-electron chi connectivity index (χ4n) is 1.33. The van der Waals surface area contributed by atoms with Crippen LogP contribution in [-0.4, -0.2) is 21.5 Å². The largest absolute Gasteiger partial charge is 0.550 e. The van der Waals surface area contributed by atoms with Crippen LogP contribution in [0.2, 0.25) is 0 Å². The van der Waals surface area contributed by atoms with Crippen LogP contribution in [0.1, 0.15) is 0 Å². The van der Waals surface area contributed by atoms with Gasteiger partial charge < -0.3 is 9.90 Å². The van der Waals surface area contributed by atoms with Gasteiger partial charge in [0, 0.05) is 17.8 Å². The summed E-state index contributed by atoms with van der Waals surface area (Å²) in [6, 6.07) is 0. The lowest BCUT2D eigenvalue weighted by molar-refractivity contribution is -0.309. The molecule has 1 saturated carbocycles. The molecule has 0 spiro atoms. The second-order valence-corrected chi connectivity index (χ2v) is 6.68. The van der Waals surface area contributed by atoms with E-state index >= 15 is 0 Å². The van der Waals surface area contributed by atoms with Gasteiger partial charge in [-0.05, 0) is 0 Å². The van der Waals surface area contributed by atoms with Crippen molar-refractivity contribution in [3.05, 3.63) is 0 Å². The van der Waals surface area contributed by atoms with Crippen molar-refractivity contribution in [2.24, 2.45) is 11.3 Å². The van der Waals surface area contributed by atoms with Gasteiger partial charge in [0.2, 0.25) is 6.43 Å². The third-order valence-corrected chi connectivity index (χ3v) is 5.10. The Balaban J connectivity index is 2.99. The van der Waals surface area contributed by atoms with Crippen LogP contribution in [0.25, 0.3) is 0 Å². The van der Waals surface area contributed by atoms with E-state index in [0.29, 0.717) is 0 Å². The molecule has 0 bridgehead atoms. The molecule has 2 nitrogen and oxygen atoms in total. The van der Waals surface area contributed by atoms with Crippen molar-refractivity contribution in [3.63, 3.8) is 0 Å². The maximum Gasteiger partial charge on any atom is 0.248 e. The number of carboxylic acid groups (broad SMARTS) is 1. The van der Waals surface area contributed by atoms with Gasteiger partial charge in [-0.2, -0.15) is 0 Å². The quantitative estimate of drug-likeness (QED) is 0.727. The summed E-state index contributed by atoms with van der Waals surface area (Å²) < 4.78 is 23.7. The number of carbonyl (C=O) groups excluding carboxylic acids is 1. The van der Waals surface area contributed by atoms with Gasteiger partial charge in [-0.3, -0.25) is 0 Å². The maximum absolute atomic E-state index is 12.5. The number of alkyl halides is 5. The van der Waals surface area contributed by atoms with Gasteiger partial charge in [0.05, 0.1) is 5.41 Å². The topological polar surface area (TPSA) is 40.1 Å². The fourth-order valence-corrected chi connectivity index (χ4v) is 4.18. The molecule has 76 valence electrons. The molecule has 7 heteroatoms. The smallest absolute Gasteiger partial charge is 0.248 e. The second-order valence-electron chi connectivity index (χ2n) is 2.85. The van der Waals surface area contributed by atoms with Crippen LogP contribution in [0.15, 0.2) is 0 Å². The van der Waals surface area contributed by atoms with Crippen molar-refractivity contribution in [2.75, 3.05) is 5.88 Å². The van der Waals surface area contributed by atoms with Gasteiger partial charge in [0.15, 0.2) is 0 Å². The summed E-state index contributed by atoms with van der Waals surface area (Å²) >= 11 is 11.1. The number of aliphatic carboxylic acids is 1. The molecule has 1 aliphatic carbocycles. The van der Waals surface area contributed by atoms with Crippen molar-refractivity contribution in [1.29, 1.82) is 0 Å². The van der Waals surface area contributed by atoms with Gasteiger partial charge in [0.1, 0.15) is 3.23 Å². The zero-order chi connectivity index (χ0) is 10.4. The minimum Gasteiger partial charge on any atom is -0.550 e. The summed E-state index contributed by atoms with van der Waals surface area (Å²) in [5.41, 5.74) is -1.77. The minimum absolute atomic E-state index is 0.445. The van der Waals surface area contributed by atoms with E-state index in [1.54, 1.807) is 0 Å². The van der Waals surface area contributed by atoms with E-state index in [0.717, 1.165) is 0 Å². The zero-order valence-electron chi connectivity index (χ0n) is 6.07. The Morgan fingerprint density at radius 2 is 2.08 bits per heavy atom. The highest BCUT2D eigenvalue weighted by atomic mass is 79.9. The summed E-state index contributed by atoms with van der Waals surface area (Å²) in [4.78, 5) is 10.5. The average molecular weight is 341 g/mol. The molecule has 13 heavy (non-hydrogen) atoms. The summed E-state index contributed by atoms with van der Waals surface area (Å²) in [6.45, 7) is 0. The predicted octanol–water partition coefficient (Wildman–Crippen LogP) is 1.34. The minimum atomic E-state index is -2.81. The van der Waals surface area contributed by atoms with Crippen LogP contribution in [0.4, 0.5) is 8.78 Å². The Morgan fingerprint density at radius 3 is 2.15 bits per heavy atom. The fraction of sp³-hybridized carbons (Fsp3) is 0.833. The first-order valence-electron chi connectivity index (χ1n) is 3.25. The van der Waals surface area contributed by atoms with E-state index in [4.69, 9.17) is 11.6 Å². The monoisotopic (exact) mass is 339 g/mol. The number of hydrogen-bond acceptors (Lipinski definition) is 2. The molecular formula is C6H4Br2ClF2O2-. The third-order valence-electron chi connectivity index (χ3n) is 2.26.